The molecule has 1 aromatic heterocycles. The van der Waals surface area contributed by atoms with Crippen molar-refractivity contribution < 1.29 is 4.42 Å². The Kier molecular flexibility index (Phi) is 2.86. The summed E-state index contributed by atoms with van der Waals surface area (Å²) < 4.78 is 5.73. The summed E-state index contributed by atoms with van der Waals surface area (Å²) in [6, 6.07) is 10.0. The van der Waals surface area contributed by atoms with Crippen molar-refractivity contribution in [1.29, 1.82) is 0 Å². The minimum atomic E-state index is 0.740. The van der Waals surface area contributed by atoms with Crippen LogP contribution >= 0.6 is 0 Å². The number of benzene rings is 1. The zero-order valence-electron chi connectivity index (χ0n) is 9.16. The Morgan fingerprint density at radius 3 is 2.33 bits per heavy atom. The Balaban J connectivity index is 2.42. The SMILES string of the molecule is CCc1nc(-c2ccccc2)oc1CC. The van der Waals surface area contributed by atoms with Gasteiger partial charge in [-0.1, -0.05) is 32.0 Å². The fourth-order valence-corrected chi connectivity index (χ4v) is 1.64. The van der Waals surface area contributed by atoms with Gasteiger partial charge in [-0.3, -0.25) is 0 Å². The second kappa shape index (κ2) is 4.30. The normalized spacial score (nSPS) is 10.5. The lowest BCUT2D eigenvalue weighted by Gasteiger charge is -1.92. The molecule has 0 fully saturated rings. The molecule has 15 heavy (non-hydrogen) atoms. The van der Waals surface area contributed by atoms with Crippen LogP contribution < -0.4 is 0 Å². The molecule has 0 amide bonds. The average Bonchev–Trinajstić information content (AvgIpc) is 2.73. The van der Waals surface area contributed by atoms with Crippen LogP contribution in [0, 0.1) is 0 Å². The van der Waals surface area contributed by atoms with E-state index in [1.165, 1.54) is 0 Å². The summed E-state index contributed by atoms with van der Waals surface area (Å²) in [4.78, 5) is 4.50. The van der Waals surface area contributed by atoms with Crippen LogP contribution in [0.3, 0.4) is 0 Å². The Morgan fingerprint density at radius 2 is 1.80 bits per heavy atom. The van der Waals surface area contributed by atoms with Crippen molar-refractivity contribution in [2.45, 2.75) is 26.7 Å². The molecule has 0 spiro atoms. The highest BCUT2D eigenvalue weighted by Gasteiger charge is 2.10. The van der Waals surface area contributed by atoms with Gasteiger partial charge in [0.2, 0.25) is 5.89 Å². The molecule has 2 heteroatoms. The van der Waals surface area contributed by atoms with Crippen LogP contribution in [0.5, 0.6) is 0 Å². The minimum Gasteiger partial charge on any atom is -0.441 e. The zero-order chi connectivity index (χ0) is 10.7. The van der Waals surface area contributed by atoms with Crippen molar-refractivity contribution in [3.63, 3.8) is 0 Å². The summed E-state index contributed by atoms with van der Waals surface area (Å²) in [7, 11) is 0. The van der Waals surface area contributed by atoms with Crippen molar-refractivity contribution in [1.82, 2.24) is 4.98 Å². The van der Waals surface area contributed by atoms with Crippen LogP contribution in [-0.2, 0) is 12.8 Å². The maximum atomic E-state index is 5.73. The van der Waals surface area contributed by atoms with Gasteiger partial charge >= 0.3 is 0 Å². The quantitative estimate of drug-likeness (QED) is 0.760. The third kappa shape index (κ3) is 1.94. The first-order chi connectivity index (χ1) is 7.35. The summed E-state index contributed by atoms with van der Waals surface area (Å²) in [5.74, 6) is 1.75. The van der Waals surface area contributed by atoms with E-state index < -0.39 is 0 Å². The first kappa shape index (κ1) is 9.97. The van der Waals surface area contributed by atoms with Crippen molar-refractivity contribution in [3.05, 3.63) is 41.8 Å². The molecule has 1 heterocycles. The van der Waals surface area contributed by atoms with Gasteiger partial charge in [0.25, 0.3) is 0 Å². The first-order valence-corrected chi connectivity index (χ1v) is 5.39. The fraction of sp³-hybridized carbons (Fsp3) is 0.308. The third-order valence-corrected chi connectivity index (χ3v) is 2.45. The maximum absolute atomic E-state index is 5.73. The maximum Gasteiger partial charge on any atom is 0.226 e. The lowest BCUT2D eigenvalue weighted by molar-refractivity contribution is 0.521. The van der Waals surface area contributed by atoms with Crippen LogP contribution in [0.15, 0.2) is 34.7 Å². The highest BCUT2D eigenvalue weighted by Crippen LogP contribution is 2.22. The Labute approximate surface area is 90.0 Å². The molecule has 0 unspecified atom stereocenters. The zero-order valence-corrected chi connectivity index (χ0v) is 9.16. The summed E-state index contributed by atoms with van der Waals surface area (Å²) in [6.45, 7) is 4.19. The molecule has 0 N–H and O–H groups in total. The van der Waals surface area contributed by atoms with E-state index >= 15 is 0 Å². The molecule has 2 nitrogen and oxygen atoms in total. The van der Waals surface area contributed by atoms with Gasteiger partial charge in [0, 0.05) is 12.0 Å². The van der Waals surface area contributed by atoms with E-state index in [0.29, 0.717) is 0 Å². The van der Waals surface area contributed by atoms with Gasteiger partial charge in [-0.15, -0.1) is 0 Å². The number of aromatic nitrogens is 1. The molecule has 0 radical (unpaired) electrons. The highest BCUT2D eigenvalue weighted by molar-refractivity contribution is 5.53. The van der Waals surface area contributed by atoms with Crippen LogP contribution in [0.2, 0.25) is 0 Å². The van der Waals surface area contributed by atoms with Crippen molar-refractivity contribution >= 4 is 0 Å². The Bertz CT molecular complexity index is 410. The third-order valence-electron chi connectivity index (χ3n) is 2.45. The van der Waals surface area contributed by atoms with Gasteiger partial charge in [0.15, 0.2) is 0 Å². The summed E-state index contributed by atoms with van der Waals surface area (Å²) >= 11 is 0. The predicted molar refractivity (Wildman–Crippen MR) is 60.7 cm³/mol. The molecule has 0 saturated carbocycles. The van der Waals surface area contributed by atoms with Gasteiger partial charge in [0.05, 0.1) is 5.69 Å². The Morgan fingerprint density at radius 1 is 1.07 bits per heavy atom. The minimum absolute atomic E-state index is 0.740. The molecule has 0 atom stereocenters. The molecule has 0 aliphatic carbocycles. The number of oxazole rings is 1. The molecule has 0 aliphatic rings. The van der Waals surface area contributed by atoms with Gasteiger partial charge < -0.3 is 4.42 Å². The predicted octanol–water partition coefficient (Wildman–Crippen LogP) is 3.47. The van der Waals surface area contributed by atoms with E-state index in [-0.39, 0.29) is 0 Å². The van der Waals surface area contributed by atoms with Crippen LogP contribution in [-0.4, -0.2) is 4.98 Å². The van der Waals surface area contributed by atoms with Gasteiger partial charge in [-0.05, 0) is 18.6 Å². The molecule has 0 aliphatic heterocycles. The standard InChI is InChI=1S/C13H15NO/c1-3-11-12(4-2)15-13(14-11)10-8-6-5-7-9-10/h5-9H,3-4H2,1-2H3. The molecule has 0 saturated heterocycles. The summed E-state index contributed by atoms with van der Waals surface area (Å²) in [5, 5.41) is 0. The van der Waals surface area contributed by atoms with Crippen molar-refractivity contribution in [2.75, 3.05) is 0 Å². The van der Waals surface area contributed by atoms with Crippen LogP contribution in [0.4, 0.5) is 0 Å². The van der Waals surface area contributed by atoms with E-state index in [1.54, 1.807) is 0 Å². The van der Waals surface area contributed by atoms with Crippen LogP contribution in [0.25, 0.3) is 11.5 Å². The monoisotopic (exact) mass is 201 g/mol. The summed E-state index contributed by atoms with van der Waals surface area (Å²) in [5.41, 5.74) is 2.13. The highest BCUT2D eigenvalue weighted by atomic mass is 16.4. The van der Waals surface area contributed by atoms with E-state index in [4.69, 9.17) is 4.42 Å². The second-order valence-corrected chi connectivity index (χ2v) is 3.46. The second-order valence-electron chi connectivity index (χ2n) is 3.46. The van der Waals surface area contributed by atoms with Crippen molar-refractivity contribution in [3.8, 4) is 11.5 Å². The Hall–Kier alpha value is -1.57. The molecule has 2 rings (SSSR count). The van der Waals surface area contributed by atoms with Gasteiger partial charge in [-0.25, -0.2) is 4.98 Å². The molecule has 78 valence electrons. The fourth-order valence-electron chi connectivity index (χ4n) is 1.64. The topological polar surface area (TPSA) is 26.0 Å². The molecular formula is C13H15NO. The van der Waals surface area contributed by atoms with Gasteiger partial charge in [0.1, 0.15) is 5.76 Å². The number of hydrogen-bond donors (Lipinski definition) is 0. The summed E-state index contributed by atoms with van der Waals surface area (Å²) in [6.07, 6.45) is 1.84. The average molecular weight is 201 g/mol. The van der Waals surface area contributed by atoms with Gasteiger partial charge in [-0.2, -0.15) is 0 Å². The number of rotatable bonds is 3. The molecule has 0 bridgehead atoms. The van der Waals surface area contributed by atoms with E-state index in [0.717, 1.165) is 35.7 Å². The van der Waals surface area contributed by atoms with Crippen molar-refractivity contribution in [2.24, 2.45) is 0 Å². The number of aryl methyl sites for hydroxylation is 2. The van der Waals surface area contributed by atoms with Crippen LogP contribution in [0.1, 0.15) is 25.3 Å². The largest absolute Gasteiger partial charge is 0.441 e. The van der Waals surface area contributed by atoms with E-state index in [9.17, 15) is 0 Å². The molecule has 1 aromatic carbocycles. The molecular weight excluding hydrogens is 186 g/mol. The van der Waals surface area contributed by atoms with E-state index in [2.05, 4.69) is 18.8 Å². The number of nitrogens with zero attached hydrogens (tertiary/aromatic N) is 1. The lowest BCUT2D eigenvalue weighted by atomic mass is 10.2. The van der Waals surface area contributed by atoms with E-state index in [1.807, 2.05) is 30.3 Å². The number of hydrogen-bond acceptors (Lipinski definition) is 2. The molecule has 2 aromatic rings. The first-order valence-electron chi connectivity index (χ1n) is 5.39. The lowest BCUT2D eigenvalue weighted by Crippen LogP contribution is -1.85. The smallest absolute Gasteiger partial charge is 0.226 e.